The van der Waals surface area contributed by atoms with E-state index in [1.807, 2.05) is 10.9 Å². The highest BCUT2D eigenvalue weighted by molar-refractivity contribution is 5.26. The van der Waals surface area contributed by atoms with Crippen LogP contribution in [0.15, 0.2) is 36.5 Å². The Labute approximate surface area is 138 Å². The predicted octanol–water partition coefficient (Wildman–Crippen LogP) is 2.95. The van der Waals surface area contributed by atoms with Crippen molar-refractivity contribution in [3.63, 3.8) is 0 Å². The number of aromatic nitrogens is 2. The molecule has 0 amide bonds. The van der Waals surface area contributed by atoms with Crippen molar-refractivity contribution < 1.29 is 4.74 Å². The Bertz CT molecular complexity index is 648. The van der Waals surface area contributed by atoms with E-state index in [4.69, 9.17) is 4.74 Å². The molecule has 23 heavy (non-hydrogen) atoms. The van der Waals surface area contributed by atoms with Gasteiger partial charge in [0.15, 0.2) is 0 Å². The molecule has 1 aliphatic carbocycles. The molecule has 0 radical (unpaired) electrons. The van der Waals surface area contributed by atoms with Crippen LogP contribution in [0, 0.1) is 5.92 Å². The third kappa shape index (κ3) is 3.33. The summed E-state index contributed by atoms with van der Waals surface area (Å²) in [7, 11) is 2.05. The smallest absolute Gasteiger partial charge is 0.0760 e. The van der Waals surface area contributed by atoms with Crippen molar-refractivity contribution in [2.24, 2.45) is 13.0 Å². The zero-order chi connectivity index (χ0) is 15.6. The van der Waals surface area contributed by atoms with Gasteiger partial charge in [0.25, 0.3) is 0 Å². The molecule has 2 aromatic rings. The van der Waals surface area contributed by atoms with Gasteiger partial charge in [-0.2, -0.15) is 5.10 Å². The predicted molar refractivity (Wildman–Crippen MR) is 90.0 cm³/mol. The van der Waals surface area contributed by atoms with Crippen molar-refractivity contribution in [1.29, 1.82) is 0 Å². The van der Waals surface area contributed by atoms with Gasteiger partial charge in [0.05, 0.1) is 24.5 Å². The van der Waals surface area contributed by atoms with Gasteiger partial charge in [0.1, 0.15) is 0 Å². The summed E-state index contributed by atoms with van der Waals surface area (Å²) in [6, 6.07) is 11.0. The summed E-state index contributed by atoms with van der Waals surface area (Å²) in [5, 5.41) is 4.48. The molecule has 0 saturated heterocycles. The maximum absolute atomic E-state index is 6.06. The molecule has 1 aromatic heterocycles. The van der Waals surface area contributed by atoms with E-state index >= 15 is 0 Å². The molecule has 1 saturated carbocycles. The first kappa shape index (κ1) is 14.9. The first-order valence-corrected chi connectivity index (χ1v) is 8.68. The third-order valence-corrected chi connectivity index (χ3v) is 5.04. The van der Waals surface area contributed by atoms with Crippen molar-refractivity contribution in [3.8, 4) is 0 Å². The Morgan fingerprint density at radius 1 is 1.17 bits per heavy atom. The minimum atomic E-state index is 0.310. The fourth-order valence-electron chi connectivity index (χ4n) is 3.53. The molecule has 4 rings (SSSR count). The minimum Gasteiger partial charge on any atom is -0.379 e. The Hall–Kier alpha value is -1.65. The summed E-state index contributed by atoms with van der Waals surface area (Å²) in [5.74, 6) is 0.812. The number of ether oxygens (including phenoxy) is 1. The maximum atomic E-state index is 6.06. The van der Waals surface area contributed by atoms with Crippen LogP contribution in [0.25, 0.3) is 0 Å². The van der Waals surface area contributed by atoms with Gasteiger partial charge in [-0.05, 0) is 36.3 Å². The van der Waals surface area contributed by atoms with Crippen LogP contribution in [-0.2, 0) is 24.8 Å². The topological polar surface area (TPSA) is 30.3 Å². The normalized spacial score (nSPS) is 21.3. The lowest BCUT2D eigenvalue weighted by atomic mass is 9.99. The summed E-state index contributed by atoms with van der Waals surface area (Å²) in [6.07, 6.45) is 5.79. The van der Waals surface area contributed by atoms with Crippen LogP contribution >= 0.6 is 0 Å². The van der Waals surface area contributed by atoms with Crippen LogP contribution in [0.4, 0.5) is 0 Å². The molecule has 4 nitrogen and oxygen atoms in total. The molecule has 1 aliphatic heterocycles. The van der Waals surface area contributed by atoms with Gasteiger partial charge in [-0.3, -0.25) is 9.58 Å². The molecule has 0 N–H and O–H groups in total. The third-order valence-electron chi connectivity index (χ3n) is 5.04. The van der Waals surface area contributed by atoms with Crippen molar-refractivity contribution >= 4 is 0 Å². The van der Waals surface area contributed by atoms with Gasteiger partial charge in [0.2, 0.25) is 0 Å². The molecule has 0 spiro atoms. The van der Waals surface area contributed by atoms with E-state index in [9.17, 15) is 0 Å². The molecule has 2 heterocycles. The Morgan fingerprint density at radius 2 is 2.00 bits per heavy atom. The molecule has 1 aromatic carbocycles. The standard InChI is InChI=1S/C19H25N3O/c1-21-19-17(11-20-21)9-10-22(12-15-5-3-2-4-6-15)18(19)14-23-13-16-7-8-16/h2-6,11,16,18H,7-10,12-14H2,1H3/t18-/m0/s1. The average Bonchev–Trinajstić information content (AvgIpc) is 3.32. The van der Waals surface area contributed by atoms with E-state index in [2.05, 4.69) is 47.4 Å². The van der Waals surface area contributed by atoms with Gasteiger partial charge < -0.3 is 4.74 Å². The van der Waals surface area contributed by atoms with E-state index in [0.29, 0.717) is 6.04 Å². The number of benzene rings is 1. The monoisotopic (exact) mass is 311 g/mol. The summed E-state index contributed by atoms with van der Waals surface area (Å²) < 4.78 is 8.10. The van der Waals surface area contributed by atoms with E-state index in [1.165, 1.54) is 29.7 Å². The van der Waals surface area contributed by atoms with Gasteiger partial charge in [-0.25, -0.2) is 0 Å². The lowest BCUT2D eigenvalue weighted by Crippen LogP contribution is -2.38. The molecule has 2 aliphatic rings. The quantitative estimate of drug-likeness (QED) is 0.822. The van der Waals surface area contributed by atoms with Crippen molar-refractivity contribution in [3.05, 3.63) is 53.3 Å². The first-order valence-electron chi connectivity index (χ1n) is 8.68. The SMILES string of the molecule is Cn1ncc2c1[C@H](COCC1CC1)N(Cc1ccccc1)CC2. The number of aryl methyl sites for hydroxylation is 1. The molecule has 4 heteroatoms. The highest BCUT2D eigenvalue weighted by Crippen LogP contribution is 2.33. The first-order chi connectivity index (χ1) is 11.3. The number of rotatable bonds is 6. The van der Waals surface area contributed by atoms with E-state index in [1.54, 1.807) is 0 Å². The van der Waals surface area contributed by atoms with Gasteiger partial charge >= 0.3 is 0 Å². The zero-order valence-electron chi connectivity index (χ0n) is 13.8. The second-order valence-corrected chi connectivity index (χ2v) is 6.88. The van der Waals surface area contributed by atoms with Crippen molar-refractivity contribution in [2.75, 3.05) is 19.8 Å². The lowest BCUT2D eigenvalue weighted by molar-refractivity contribution is 0.0413. The van der Waals surface area contributed by atoms with Crippen LogP contribution < -0.4 is 0 Å². The Balaban J connectivity index is 1.52. The fraction of sp³-hybridized carbons (Fsp3) is 0.526. The van der Waals surface area contributed by atoms with E-state index < -0.39 is 0 Å². The van der Waals surface area contributed by atoms with Crippen LogP contribution in [0.1, 0.15) is 35.7 Å². The molecular formula is C19H25N3O. The van der Waals surface area contributed by atoms with E-state index in [-0.39, 0.29) is 0 Å². The molecule has 1 fully saturated rings. The molecular weight excluding hydrogens is 286 g/mol. The second kappa shape index (κ2) is 6.46. The van der Waals surface area contributed by atoms with Crippen LogP contribution in [0.2, 0.25) is 0 Å². The summed E-state index contributed by atoms with van der Waals surface area (Å²) in [6.45, 7) is 3.74. The number of hydrogen-bond acceptors (Lipinski definition) is 3. The van der Waals surface area contributed by atoms with Crippen LogP contribution in [0.5, 0.6) is 0 Å². The van der Waals surface area contributed by atoms with Crippen molar-refractivity contribution in [1.82, 2.24) is 14.7 Å². The Morgan fingerprint density at radius 3 is 2.78 bits per heavy atom. The second-order valence-electron chi connectivity index (χ2n) is 6.88. The highest BCUT2D eigenvalue weighted by Gasteiger charge is 2.31. The Kier molecular flexibility index (Phi) is 4.19. The number of fused-ring (bicyclic) bond motifs is 1. The van der Waals surface area contributed by atoms with E-state index in [0.717, 1.165) is 38.6 Å². The van der Waals surface area contributed by atoms with Gasteiger partial charge in [0, 0.05) is 26.7 Å². The molecule has 0 unspecified atom stereocenters. The lowest BCUT2D eigenvalue weighted by Gasteiger charge is -2.36. The summed E-state index contributed by atoms with van der Waals surface area (Å²) >= 11 is 0. The molecule has 1 atom stereocenters. The zero-order valence-corrected chi connectivity index (χ0v) is 13.8. The minimum absolute atomic E-state index is 0.310. The summed E-state index contributed by atoms with van der Waals surface area (Å²) in [4.78, 5) is 2.55. The maximum Gasteiger partial charge on any atom is 0.0760 e. The largest absolute Gasteiger partial charge is 0.379 e. The molecule has 0 bridgehead atoms. The number of nitrogens with zero attached hydrogens (tertiary/aromatic N) is 3. The fourth-order valence-corrected chi connectivity index (χ4v) is 3.53. The highest BCUT2D eigenvalue weighted by atomic mass is 16.5. The van der Waals surface area contributed by atoms with Crippen LogP contribution in [-0.4, -0.2) is 34.4 Å². The number of hydrogen-bond donors (Lipinski definition) is 0. The molecule has 122 valence electrons. The summed E-state index contributed by atoms with van der Waals surface area (Å²) in [5.41, 5.74) is 4.09. The van der Waals surface area contributed by atoms with Gasteiger partial charge in [-0.1, -0.05) is 30.3 Å². The average molecular weight is 311 g/mol. The van der Waals surface area contributed by atoms with Crippen LogP contribution in [0.3, 0.4) is 0 Å². The van der Waals surface area contributed by atoms with Crippen molar-refractivity contribution in [2.45, 2.75) is 31.8 Å². The van der Waals surface area contributed by atoms with Gasteiger partial charge in [-0.15, -0.1) is 0 Å².